The number of amides is 1. The number of benzene rings is 2. The minimum atomic E-state index is -0.323. The van der Waals surface area contributed by atoms with E-state index in [4.69, 9.17) is 0 Å². The molecule has 0 saturated carbocycles. The first-order valence-electron chi connectivity index (χ1n) is 7.22. The molecule has 0 saturated heterocycles. The molecule has 1 N–H and O–H groups in total. The van der Waals surface area contributed by atoms with Gasteiger partial charge in [-0.3, -0.25) is 4.79 Å². The van der Waals surface area contributed by atoms with Gasteiger partial charge in [0.05, 0.1) is 5.01 Å². The van der Waals surface area contributed by atoms with Crippen LogP contribution in [0.25, 0.3) is 0 Å². The van der Waals surface area contributed by atoms with Crippen LogP contribution in [0.15, 0.2) is 60.0 Å². The van der Waals surface area contributed by atoms with Crippen LogP contribution in [0, 0.1) is 5.82 Å². The molecule has 0 spiro atoms. The van der Waals surface area contributed by atoms with Gasteiger partial charge in [0.1, 0.15) is 11.5 Å². The van der Waals surface area contributed by atoms with Crippen molar-refractivity contribution in [1.29, 1.82) is 0 Å². The summed E-state index contributed by atoms with van der Waals surface area (Å²) < 4.78 is 13.5. The summed E-state index contributed by atoms with van der Waals surface area (Å²) in [4.78, 5) is 16.5. The van der Waals surface area contributed by atoms with Gasteiger partial charge in [0.2, 0.25) is 0 Å². The lowest BCUT2D eigenvalue weighted by Crippen LogP contribution is -2.23. The van der Waals surface area contributed by atoms with Crippen LogP contribution < -0.4 is 5.32 Å². The van der Waals surface area contributed by atoms with Crippen molar-refractivity contribution < 1.29 is 9.18 Å². The second kappa shape index (κ2) is 7.15. The van der Waals surface area contributed by atoms with Gasteiger partial charge in [-0.05, 0) is 11.6 Å². The molecule has 0 aliphatic heterocycles. The predicted molar refractivity (Wildman–Crippen MR) is 88.9 cm³/mol. The van der Waals surface area contributed by atoms with Crippen molar-refractivity contribution in [2.75, 3.05) is 0 Å². The van der Waals surface area contributed by atoms with E-state index in [2.05, 4.69) is 10.3 Å². The highest BCUT2D eigenvalue weighted by Crippen LogP contribution is 2.15. The molecule has 3 aromatic rings. The molecule has 116 valence electrons. The Morgan fingerprint density at radius 2 is 1.83 bits per heavy atom. The molecule has 5 heteroatoms. The standard InChI is InChI=1S/C18H15FN2OS/c19-15-9-5-4-8-14(15)11-20-18(22)16-12-23-17(21-16)10-13-6-2-1-3-7-13/h1-9,12H,10-11H2,(H,20,22). The monoisotopic (exact) mass is 326 g/mol. The van der Waals surface area contributed by atoms with Crippen molar-refractivity contribution >= 4 is 17.2 Å². The minimum Gasteiger partial charge on any atom is -0.346 e. The van der Waals surface area contributed by atoms with Crippen LogP contribution in [0.2, 0.25) is 0 Å². The maximum atomic E-state index is 13.5. The second-order valence-electron chi connectivity index (χ2n) is 5.06. The summed E-state index contributed by atoms with van der Waals surface area (Å²) in [6, 6.07) is 16.4. The first-order chi connectivity index (χ1) is 11.2. The van der Waals surface area contributed by atoms with Crippen molar-refractivity contribution in [3.8, 4) is 0 Å². The Kier molecular flexibility index (Phi) is 4.78. The molecule has 0 unspecified atom stereocenters. The molecule has 2 aromatic carbocycles. The zero-order valence-electron chi connectivity index (χ0n) is 12.3. The smallest absolute Gasteiger partial charge is 0.271 e. The fourth-order valence-electron chi connectivity index (χ4n) is 2.17. The zero-order chi connectivity index (χ0) is 16.1. The maximum absolute atomic E-state index is 13.5. The van der Waals surface area contributed by atoms with Crippen LogP contribution in [-0.2, 0) is 13.0 Å². The summed E-state index contributed by atoms with van der Waals surface area (Å²) in [6.45, 7) is 0.150. The van der Waals surface area contributed by atoms with Crippen molar-refractivity contribution in [3.63, 3.8) is 0 Å². The van der Waals surface area contributed by atoms with Gasteiger partial charge in [-0.25, -0.2) is 9.37 Å². The van der Waals surface area contributed by atoms with Crippen molar-refractivity contribution in [3.05, 3.63) is 87.6 Å². The number of halogens is 1. The molecule has 0 aliphatic rings. The van der Waals surface area contributed by atoms with Gasteiger partial charge in [-0.2, -0.15) is 0 Å². The first-order valence-corrected chi connectivity index (χ1v) is 8.10. The molecule has 0 fully saturated rings. The summed E-state index contributed by atoms with van der Waals surface area (Å²) in [7, 11) is 0. The molecular weight excluding hydrogens is 311 g/mol. The van der Waals surface area contributed by atoms with Gasteiger partial charge in [0.15, 0.2) is 0 Å². The molecule has 0 aliphatic carbocycles. The van der Waals surface area contributed by atoms with E-state index in [0.717, 1.165) is 10.6 Å². The minimum absolute atomic E-state index is 0.150. The number of hydrogen-bond donors (Lipinski definition) is 1. The highest BCUT2D eigenvalue weighted by atomic mass is 32.1. The lowest BCUT2D eigenvalue weighted by Gasteiger charge is -2.04. The molecule has 1 heterocycles. The van der Waals surface area contributed by atoms with Gasteiger partial charge >= 0.3 is 0 Å². The quantitative estimate of drug-likeness (QED) is 0.775. The van der Waals surface area contributed by atoms with Crippen LogP contribution in [0.1, 0.15) is 26.6 Å². The average Bonchev–Trinajstić information content (AvgIpc) is 3.03. The van der Waals surface area contributed by atoms with Crippen molar-refractivity contribution in [1.82, 2.24) is 10.3 Å². The van der Waals surface area contributed by atoms with Gasteiger partial charge in [0, 0.05) is 23.9 Å². The van der Waals surface area contributed by atoms with Gasteiger partial charge in [-0.15, -0.1) is 11.3 Å². The largest absolute Gasteiger partial charge is 0.346 e. The Labute approximate surface area is 137 Å². The summed E-state index contributed by atoms with van der Waals surface area (Å²) in [5, 5.41) is 5.31. The molecule has 3 nitrogen and oxygen atoms in total. The van der Waals surface area contributed by atoms with E-state index in [9.17, 15) is 9.18 Å². The Hall–Kier alpha value is -2.53. The molecular formula is C18H15FN2OS. The van der Waals surface area contributed by atoms with Crippen LogP contribution in [0.5, 0.6) is 0 Å². The van der Waals surface area contributed by atoms with E-state index in [-0.39, 0.29) is 18.3 Å². The van der Waals surface area contributed by atoms with E-state index in [1.165, 1.54) is 17.4 Å². The second-order valence-corrected chi connectivity index (χ2v) is 6.01. The molecule has 0 radical (unpaired) electrons. The Morgan fingerprint density at radius 1 is 1.09 bits per heavy atom. The molecule has 3 rings (SSSR count). The summed E-state index contributed by atoms with van der Waals surface area (Å²) in [6.07, 6.45) is 0.700. The Bertz CT molecular complexity index is 802. The predicted octanol–water partition coefficient (Wildman–Crippen LogP) is 3.80. The third kappa shape index (κ3) is 4.02. The normalized spacial score (nSPS) is 10.5. The molecule has 23 heavy (non-hydrogen) atoms. The van der Waals surface area contributed by atoms with E-state index in [1.807, 2.05) is 30.3 Å². The lowest BCUT2D eigenvalue weighted by molar-refractivity contribution is 0.0946. The number of aromatic nitrogens is 1. The summed E-state index contributed by atoms with van der Waals surface area (Å²) in [5.74, 6) is -0.611. The average molecular weight is 326 g/mol. The SMILES string of the molecule is O=C(NCc1ccccc1F)c1csc(Cc2ccccc2)n1. The fourth-order valence-corrected chi connectivity index (χ4v) is 2.98. The number of carbonyl (C=O) groups is 1. The van der Waals surface area contributed by atoms with Crippen LogP contribution >= 0.6 is 11.3 Å². The first kappa shape index (κ1) is 15.4. The number of carbonyl (C=O) groups excluding carboxylic acids is 1. The zero-order valence-corrected chi connectivity index (χ0v) is 13.1. The highest BCUT2D eigenvalue weighted by molar-refractivity contribution is 7.09. The van der Waals surface area contributed by atoms with Crippen molar-refractivity contribution in [2.24, 2.45) is 0 Å². The van der Waals surface area contributed by atoms with Gasteiger partial charge in [0.25, 0.3) is 5.91 Å². The number of hydrogen-bond acceptors (Lipinski definition) is 3. The third-order valence-electron chi connectivity index (χ3n) is 3.38. The van der Waals surface area contributed by atoms with E-state index in [0.29, 0.717) is 17.7 Å². The van der Waals surface area contributed by atoms with Gasteiger partial charge in [-0.1, -0.05) is 48.5 Å². The summed E-state index contributed by atoms with van der Waals surface area (Å²) in [5.41, 5.74) is 1.98. The van der Waals surface area contributed by atoms with E-state index in [1.54, 1.807) is 23.6 Å². The number of rotatable bonds is 5. The lowest BCUT2D eigenvalue weighted by atomic mass is 10.2. The number of thiazole rings is 1. The molecule has 1 aromatic heterocycles. The third-order valence-corrected chi connectivity index (χ3v) is 4.23. The molecule has 0 bridgehead atoms. The van der Waals surface area contributed by atoms with Crippen LogP contribution in [0.3, 0.4) is 0 Å². The van der Waals surface area contributed by atoms with Crippen LogP contribution in [-0.4, -0.2) is 10.9 Å². The van der Waals surface area contributed by atoms with E-state index >= 15 is 0 Å². The summed E-state index contributed by atoms with van der Waals surface area (Å²) >= 11 is 1.45. The molecule has 0 atom stereocenters. The number of nitrogens with zero attached hydrogens (tertiary/aromatic N) is 1. The Morgan fingerprint density at radius 3 is 2.61 bits per heavy atom. The topological polar surface area (TPSA) is 42.0 Å². The maximum Gasteiger partial charge on any atom is 0.271 e. The Balaban J connectivity index is 1.61. The van der Waals surface area contributed by atoms with Crippen LogP contribution in [0.4, 0.5) is 4.39 Å². The van der Waals surface area contributed by atoms with Gasteiger partial charge < -0.3 is 5.32 Å². The highest BCUT2D eigenvalue weighted by Gasteiger charge is 2.11. The van der Waals surface area contributed by atoms with Crippen molar-refractivity contribution in [2.45, 2.75) is 13.0 Å². The molecule has 1 amide bonds. The fraction of sp³-hybridized carbons (Fsp3) is 0.111. The van der Waals surface area contributed by atoms with E-state index < -0.39 is 0 Å². The number of nitrogens with one attached hydrogen (secondary N) is 1.